The van der Waals surface area contributed by atoms with Crippen molar-refractivity contribution in [1.82, 2.24) is 0 Å². The summed E-state index contributed by atoms with van der Waals surface area (Å²) in [4.78, 5) is 0. The fourth-order valence-electron chi connectivity index (χ4n) is 12.8. The molecule has 434 valence electrons. The minimum absolute atomic E-state index is 0.0449. The summed E-state index contributed by atoms with van der Waals surface area (Å²) in [5.41, 5.74) is 30.5. The fourth-order valence-corrected chi connectivity index (χ4v) is 12.8. The van der Waals surface area contributed by atoms with Crippen molar-refractivity contribution >= 4 is 0 Å². The van der Waals surface area contributed by atoms with Crippen LogP contribution in [0.25, 0.3) is 55.6 Å². The molecule has 0 atom stereocenters. The van der Waals surface area contributed by atoms with E-state index in [1.165, 1.54) is 122 Å². The lowest BCUT2D eigenvalue weighted by Crippen LogP contribution is -2.23. The van der Waals surface area contributed by atoms with Crippen LogP contribution in [0.4, 0.5) is 0 Å². The van der Waals surface area contributed by atoms with Crippen molar-refractivity contribution in [2.75, 3.05) is 0 Å². The zero-order valence-electron chi connectivity index (χ0n) is 56.7. The van der Waals surface area contributed by atoms with Gasteiger partial charge < -0.3 is 0 Å². The topological polar surface area (TPSA) is 0 Å². The SMILES string of the molecule is CCC(C)(C)c1cc(C(C)(C)CC)c(-c2ccc(-c3ccc(-c4cc(C)c(C(C)(C)CC)cc4C(C)(C)CC)c(-c4cc(C)c(C(C)(C)CC)cc4C(C)(C)CC)c3)cc2-c2cc(C)c(C(C)(C)CC)cc2C(C)(C)CC)cc1C. The molecule has 0 saturated carbocycles. The van der Waals surface area contributed by atoms with Crippen molar-refractivity contribution in [2.45, 2.75) is 289 Å². The van der Waals surface area contributed by atoms with Crippen LogP contribution in [0.3, 0.4) is 0 Å². The van der Waals surface area contributed by atoms with Gasteiger partial charge >= 0.3 is 0 Å². The summed E-state index contributed by atoms with van der Waals surface area (Å²) >= 11 is 0. The van der Waals surface area contributed by atoms with E-state index in [2.05, 4.69) is 279 Å². The molecular weight excluding hydrogens is 961 g/mol. The van der Waals surface area contributed by atoms with E-state index in [0.717, 1.165) is 51.4 Å². The van der Waals surface area contributed by atoms with Gasteiger partial charge in [0.15, 0.2) is 0 Å². The van der Waals surface area contributed by atoms with Gasteiger partial charge in [-0.25, -0.2) is 0 Å². The average molecular weight is 1080 g/mol. The van der Waals surface area contributed by atoms with E-state index in [-0.39, 0.29) is 43.3 Å². The van der Waals surface area contributed by atoms with Gasteiger partial charge in [-0.2, -0.15) is 0 Å². The first-order valence-corrected chi connectivity index (χ1v) is 31.8. The van der Waals surface area contributed by atoms with E-state index in [1.807, 2.05) is 0 Å². The molecule has 0 aromatic heterocycles. The second kappa shape index (κ2) is 23.2. The first-order valence-electron chi connectivity index (χ1n) is 31.8. The monoisotopic (exact) mass is 1070 g/mol. The van der Waals surface area contributed by atoms with E-state index >= 15 is 0 Å². The Kier molecular flexibility index (Phi) is 18.7. The maximum atomic E-state index is 2.63. The Morgan fingerprint density at radius 2 is 0.375 bits per heavy atom. The van der Waals surface area contributed by atoms with E-state index in [9.17, 15) is 0 Å². The predicted octanol–water partition coefficient (Wildman–Crippen LogP) is 24.8. The number of benzene rings is 6. The minimum atomic E-state index is -0.0665. The summed E-state index contributed by atoms with van der Waals surface area (Å²) in [5, 5.41) is 0. The van der Waals surface area contributed by atoms with E-state index in [0.29, 0.717) is 0 Å². The van der Waals surface area contributed by atoms with Gasteiger partial charge in [0.2, 0.25) is 0 Å². The molecule has 0 heteroatoms. The lowest BCUT2D eigenvalue weighted by Gasteiger charge is -2.35. The van der Waals surface area contributed by atoms with Gasteiger partial charge in [0, 0.05) is 0 Å². The van der Waals surface area contributed by atoms with E-state index < -0.39 is 0 Å². The van der Waals surface area contributed by atoms with Crippen molar-refractivity contribution < 1.29 is 0 Å². The van der Waals surface area contributed by atoms with Gasteiger partial charge in [-0.1, -0.05) is 239 Å². The molecule has 6 rings (SSSR count). The standard InChI is InChI=1S/C80H114/c1-29-73(13,14)65-47-69(77(21,22)33-5)61(41-51(65)9)57-39-37-55(45-59(57)63-43-53(11)67(75(17,18)31-3)49-71(63)79(25,26)35-7)56-38-40-58(62-42-52(10)66(74(15,16)30-2)48-70(62)78(23,24)34-6)60(46-56)64-44-54(12)68(76(19,20)32-4)50-72(64)80(27,28)36-8/h37-50H,29-36H2,1-28H3. The average Bonchev–Trinajstić information content (AvgIpc) is 3.61. The van der Waals surface area contributed by atoms with Crippen molar-refractivity contribution in [1.29, 1.82) is 0 Å². The van der Waals surface area contributed by atoms with Crippen LogP contribution in [0.1, 0.15) is 284 Å². The van der Waals surface area contributed by atoms with Crippen LogP contribution in [0.15, 0.2) is 84.9 Å². The van der Waals surface area contributed by atoms with Crippen molar-refractivity contribution in [3.63, 3.8) is 0 Å². The van der Waals surface area contributed by atoms with Crippen LogP contribution in [-0.4, -0.2) is 0 Å². The quantitative estimate of drug-likeness (QED) is 0.0674. The molecule has 6 aromatic rings. The van der Waals surface area contributed by atoms with Gasteiger partial charge in [-0.3, -0.25) is 0 Å². The van der Waals surface area contributed by atoms with Crippen molar-refractivity contribution in [3.05, 3.63) is 152 Å². The number of hydrogen-bond acceptors (Lipinski definition) is 0. The van der Waals surface area contributed by atoms with Crippen LogP contribution in [0.5, 0.6) is 0 Å². The summed E-state index contributed by atoms with van der Waals surface area (Å²) in [6.07, 6.45) is 8.53. The molecule has 0 bridgehead atoms. The van der Waals surface area contributed by atoms with E-state index in [4.69, 9.17) is 0 Å². The Morgan fingerprint density at radius 1 is 0.200 bits per heavy atom. The second-order valence-electron chi connectivity index (χ2n) is 30.3. The van der Waals surface area contributed by atoms with E-state index in [1.54, 1.807) is 0 Å². The molecule has 0 saturated heterocycles. The zero-order valence-corrected chi connectivity index (χ0v) is 56.7. The number of hydrogen-bond donors (Lipinski definition) is 0. The van der Waals surface area contributed by atoms with Gasteiger partial charge in [0.25, 0.3) is 0 Å². The lowest BCUT2D eigenvalue weighted by molar-refractivity contribution is 0.487. The number of aryl methyl sites for hydroxylation is 4. The Bertz CT molecular complexity index is 3000. The molecular formula is C80H114. The van der Waals surface area contributed by atoms with Crippen LogP contribution in [0, 0.1) is 27.7 Å². The van der Waals surface area contributed by atoms with Gasteiger partial charge in [0.1, 0.15) is 0 Å². The van der Waals surface area contributed by atoms with Crippen LogP contribution in [0.2, 0.25) is 0 Å². The first-order chi connectivity index (χ1) is 36.9. The summed E-state index contributed by atoms with van der Waals surface area (Å²) in [6.45, 7) is 67.7. The Hall–Kier alpha value is -4.68. The second-order valence-corrected chi connectivity index (χ2v) is 30.3. The largest absolute Gasteiger partial charge is 0.0646 e. The summed E-state index contributed by atoms with van der Waals surface area (Å²) in [6, 6.07) is 36.0. The molecule has 0 aliphatic rings. The summed E-state index contributed by atoms with van der Waals surface area (Å²) < 4.78 is 0. The summed E-state index contributed by atoms with van der Waals surface area (Å²) in [5.74, 6) is 0. The molecule has 0 nitrogen and oxygen atoms in total. The Morgan fingerprint density at radius 3 is 0.562 bits per heavy atom. The molecule has 0 aliphatic carbocycles. The molecule has 0 heterocycles. The smallest absolute Gasteiger partial charge is 0.00961 e. The third-order valence-electron chi connectivity index (χ3n) is 21.9. The molecule has 0 fully saturated rings. The highest BCUT2D eigenvalue weighted by Crippen LogP contribution is 2.52. The maximum absolute atomic E-state index is 2.63. The molecule has 0 amide bonds. The summed E-state index contributed by atoms with van der Waals surface area (Å²) in [7, 11) is 0. The number of rotatable bonds is 21. The van der Waals surface area contributed by atoms with Gasteiger partial charge in [0.05, 0.1) is 0 Å². The third kappa shape index (κ3) is 12.2. The van der Waals surface area contributed by atoms with Crippen molar-refractivity contribution in [2.24, 2.45) is 0 Å². The zero-order chi connectivity index (χ0) is 60.3. The third-order valence-corrected chi connectivity index (χ3v) is 21.9. The normalized spacial score (nSPS) is 13.4. The van der Waals surface area contributed by atoms with Crippen LogP contribution < -0.4 is 0 Å². The van der Waals surface area contributed by atoms with Gasteiger partial charge in [-0.15, -0.1) is 0 Å². The highest BCUT2D eigenvalue weighted by Gasteiger charge is 2.35. The first kappa shape index (κ1) is 64.5. The molecule has 0 radical (unpaired) electrons. The molecule has 6 aromatic carbocycles. The van der Waals surface area contributed by atoms with Gasteiger partial charge in [-0.05, 0) is 257 Å². The molecule has 0 N–H and O–H groups in total. The molecule has 0 unspecified atom stereocenters. The predicted molar refractivity (Wildman–Crippen MR) is 359 cm³/mol. The van der Waals surface area contributed by atoms with Crippen LogP contribution in [-0.2, 0) is 43.3 Å². The van der Waals surface area contributed by atoms with Crippen molar-refractivity contribution in [3.8, 4) is 55.6 Å². The van der Waals surface area contributed by atoms with Crippen LogP contribution >= 0.6 is 0 Å². The Balaban J connectivity index is 1.88. The highest BCUT2D eigenvalue weighted by atomic mass is 14.4. The molecule has 0 spiro atoms. The minimum Gasteiger partial charge on any atom is -0.0646 e. The highest BCUT2D eigenvalue weighted by molar-refractivity contribution is 5.94. The fraction of sp³-hybridized carbons (Fsp3) is 0.550. The molecule has 0 aliphatic heterocycles. The molecule has 80 heavy (non-hydrogen) atoms. The maximum Gasteiger partial charge on any atom is -0.00961 e. The Labute approximate surface area is 493 Å². The lowest BCUT2D eigenvalue weighted by atomic mass is 9.69.